The molecule has 0 bridgehead atoms. The number of ether oxygens (including phenoxy) is 1. The first-order valence-electron chi connectivity index (χ1n) is 6.36. The molecule has 17 heavy (non-hydrogen) atoms. The number of para-hydroxylation sites is 1. The van der Waals surface area contributed by atoms with Crippen molar-refractivity contribution in [1.29, 1.82) is 0 Å². The predicted molar refractivity (Wildman–Crippen MR) is 72.8 cm³/mol. The highest BCUT2D eigenvalue weighted by Crippen LogP contribution is 2.46. The molecule has 2 atom stereocenters. The number of methoxy groups -OCH3 is 1. The molecule has 2 unspecified atom stereocenters. The van der Waals surface area contributed by atoms with Gasteiger partial charge in [0.1, 0.15) is 5.75 Å². The van der Waals surface area contributed by atoms with Gasteiger partial charge < -0.3 is 10.1 Å². The molecule has 1 aromatic rings. The molecule has 2 rings (SSSR count). The fraction of sp³-hybridized carbons (Fsp3) is 0.600. The van der Waals surface area contributed by atoms with E-state index in [1.807, 2.05) is 6.07 Å². The van der Waals surface area contributed by atoms with Crippen molar-refractivity contribution in [3.63, 3.8) is 0 Å². The Morgan fingerprint density at radius 1 is 1.35 bits per heavy atom. The lowest BCUT2D eigenvalue weighted by Gasteiger charge is -2.32. The third-order valence-corrected chi connectivity index (χ3v) is 4.15. The number of fused-ring (bicyclic) bond motifs is 1. The monoisotopic (exact) mass is 233 g/mol. The van der Waals surface area contributed by atoms with Gasteiger partial charge in [-0.25, -0.2) is 0 Å². The Labute approximate surface area is 104 Å². The van der Waals surface area contributed by atoms with Gasteiger partial charge in [-0.3, -0.25) is 0 Å². The molecule has 0 saturated heterocycles. The SMILES string of the molecule is COc1cccc2c1NCC2C(C)C(C)(C)C. The maximum absolute atomic E-state index is 5.41. The van der Waals surface area contributed by atoms with Gasteiger partial charge in [0.15, 0.2) is 0 Å². The third kappa shape index (κ3) is 2.13. The highest BCUT2D eigenvalue weighted by molar-refractivity contribution is 5.67. The zero-order valence-electron chi connectivity index (χ0n) is 11.5. The molecule has 0 fully saturated rings. The van der Waals surface area contributed by atoms with E-state index in [0.29, 0.717) is 17.3 Å². The van der Waals surface area contributed by atoms with Crippen molar-refractivity contribution in [2.24, 2.45) is 11.3 Å². The number of benzene rings is 1. The molecule has 1 aromatic carbocycles. The van der Waals surface area contributed by atoms with Crippen LogP contribution in [0.4, 0.5) is 5.69 Å². The second-order valence-corrected chi connectivity index (χ2v) is 6.07. The van der Waals surface area contributed by atoms with Gasteiger partial charge in [0, 0.05) is 12.5 Å². The van der Waals surface area contributed by atoms with Gasteiger partial charge in [-0.15, -0.1) is 0 Å². The zero-order valence-corrected chi connectivity index (χ0v) is 11.5. The summed E-state index contributed by atoms with van der Waals surface area (Å²) in [5.41, 5.74) is 2.93. The predicted octanol–water partition coefficient (Wildman–Crippen LogP) is 3.89. The van der Waals surface area contributed by atoms with Gasteiger partial charge in [0.25, 0.3) is 0 Å². The summed E-state index contributed by atoms with van der Waals surface area (Å²) in [6.45, 7) is 10.3. The van der Waals surface area contributed by atoms with Crippen molar-refractivity contribution in [2.45, 2.75) is 33.6 Å². The minimum atomic E-state index is 0.330. The number of anilines is 1. The van der Waals surface area contributed by atoms with E-state index in [2.05, 4.69) is 45.1 Å². The molecule has 94 valence electrons. The largest absolute Gasteiger partial charge is 0.495 e. The van der Waals surface area contributed by atoms with Crippen LogP contribution in [0.5, 0.6) is 5.75 Å². The summed E-state index contributed by atoms with van der Waals surface area (Å²) in [5.74, 6) is 2.19. The molecular formula is C15H23NO. The molecule has 1 aliphatic heterocycles. The van der Waals surface area contributed by atoms with E-state index in [4.69, 9.17) is 4.74 Å². The van der Waals surface area contributed by atoms with Crippen molar-refractivity contribution in [3.05, 3.63) is 23.8 Å². The Morgan fingerprint density at radius 2 is 2.06 bits per heavy atom. The molecule has 0 aromatic heterocycles. The van der Waals surface area contributed by atoms with Gasteiger partial charge >= 0.3 is 0 Å². The molecule has 0 spiro atoms. The third-order valence-electron chi connectivity index (χ3n) is 4.15. The van der Waals surface area contributed by atoms with E-state index in [-0.39, 0.29) is 0 Å². The summed E-state index contributed by atoms with van der Waals surface area (Å²) < 4.78 is 5.41. The van der Waals surface area contributed by atoms with Crippen LogP contribution in [0.25, 0.3) is 0 Å². The van der Waals surface area contributed by atoms with Crippen LogP contribution < -0.4 is 10.1 Å². The average molecular weight is 233 g/mol. The van der Waals surface area contributed by atoms with Crippen LogP contribution in [0.2, 0.25) is 0 Å². The van der Waals surface area contributed by atoms with Crippen LogP contribution in [-0.4, -0.2) is 13.7 Å². The summed E-state index contributed by atoms with van der Waals surface area (Å²) in [4.78, 5) is 0. The topological polar surface area (TPSA) is 21.3 Å². The Morgan fingerprint density at radius 3 is 2.65 bits per heavy atom. The van der Waals surface area contributed by atoms with E-state index in [1.54, 1.807) is 7.11 Å². The fourth-order valence-corrected chi connectivity index (χ4v) is 2.59. The van der Waals surface area contributed by atoms with Gasteiger partial charge in [0.2, 0.25) is 0 Å². The number of nitrogens with one attached hydrogen (secondary N) is 1. The molecule has 0 saturated carbocycles. The smallest absolute Gasteiger partial charge is 0.142 e. The van der Waals surface area contributed by atoms with Crippen LogP contribution in [0.3, 0.4) is 0 Å². The standard InChI is InChI=1S/C15H23NO/c1-10(15(2,3)4)12-9-16-14-11(12)7-6-8-13(14)17-5/h6-8,10,12,16H,9H2,1-5H3. The first-order chi connectivity index (χ1) is 7.95. The first-order valence-corrected chi connectivity index (χ1v) is 6.36. The van der Waals surface area contributed by atoms with Gasteiger partial charge in [-0.2, -0.15) is 0 Å². The minimum absolute atomic E-state index is 0.330. The van der Waals surface area contributed by atoms with Crippen molar-refractivity contribution in [2.75, 3.05) is 19.0 Å². The van der Waals surface area contributed by atoms with Gasteiger partial charge in [-0.05, 0) is 23.0 Å². The Bertz CT molecular complexity index is 406. The van der Waals surface area contributed by atoms with E-state index in [9.17, 15) is 0 Å². The van der Waals surface area contributed by atoms with E-state index < -0.39 is 0 Å². The molecule has 0 radical (unpaired) electrons. The zero-order chi connectivity index (χ0) is 12.6. The molecule has 0 aliphatic carbocycles. The van der Waals surface area contributed by atoms with Crippen LogP contribution >= 0.6 is 0 Å². The number of rotatable bonds is 2. The van der Waals surface area contributed by atoms with E-state index in [1.165, 1.54) is 11.3 Å². The summed E-state index contributed by atoms with van der Waals surface area (Å²) in [6.07, 6.45) is 0. The maximum atomic E-state index is 5.41. The lowest BCUT2D eigenvalue weighted by atomic mass is 9.72. The average Bonchev–Trinajstić information content (AvgIpc) is 2.69. The lowest BCUT2D eigenvalue weighted by Crippen LogP contribution is -2.25. The Hall–Kier alpha value is -1.18. The van der Waals surface area contributed by atoms with Crippen molar-refractivity contribution in [1.82, 2.24) is 0 Å². The van der Waals surface area contributed by atoms with Crippen LogP contribution in [-0.2, 0) is 0 Å². The summed E-state index contributed by atoms with van der Waals surface area (Å²) in [7, 11) is 1.73. The fourth-order valence-electron chi connectivity index (χ4n) is 2.59. The highest BCUT2D eigenvalue weighted by atomic mass is 16.5. The van der Waals surface area contributed by atoms with Crippen LogP contribution in [0.1, 0.15) is 39.2 Å². The van der Waals surface area contributed by atoms with Crippen molar-refractivity contribution in [3.8, 4) is 5.75 Å². The summed E-state index contributed by atoms with van der Waals surface area (Å²) >= 11 is 0. The lowest BCUT2D eigenvalue weighted by molar-refractivity contribution is 0.228. The van der Waals surface area contributed by atoms with Gasteiger partial charge in [0.05, 0.1) is 12.8 Å². The van der Waals surface area contributed by atoms with Crippen molar-refractivity contribution >= 4 is 5.69 Å². The normalized spacial score (nSPS) is 20.6. The Kier molecular flexibility index (Phi) is 3.07. The minimum Gasteiger partial charge on any atom is -0.495 e. The van der Waals surface area contributed by atoms with Crippen molar-refractivity contribution < 1.29 is 4.74 Å². The van der Waals surface area contributed by atoms with E-state index in [0.717, 1.165) is 12.3 Å². The molecular weight excluding hydrogens is 210 g/mol. The summed E-state index contributed by atoms with van der Waals surface area (Å²) in [6, 6.07) is 6.34. The molecule has 0 amide bonds. The number of hydrogen-bond donors (Lipinski definition) is 1. The van der Waals surface area contributed by atoms with Crippen LogP contribution in [0.15, 0.2) is 18.2 Å². The quantitative estimate of drug-likeness (QED) is 0.836. The highest BCUT2D eigenvalue weighted by Gasteiger charge is 2.34. The number of hydrogen-bond acceptors (Lipinski definition) is 2. The second-order valence-electron chi connectivity index (χ2n) is 6.07. The molecule has 2 nitrogen and oxygen atoms in total. The molecule has 1 heterocycles. The summed E-state index contributed by atoms with van der Waals surface area (Å²) in [5, 5.41) is 3.50. The van der Waals surface area contributed by atoms with Crippen LogP contribution in [0, 0.1) is 11.3 Å². The Balaban J connectivity index is 2.35. The second kappa shape index (κ2) is 4.25. The maximum Gasteiger partial charge on any atom is 0.142 e. The first kappa shape index (κ1) is 12.3. The van der Waals surface area contributed by atoms with E-state index >= 15 is 0 Å². The van der Waals surface area contributed by atoms with Gasteiger partial charge in [-0.1, -0.05) is 39.8 Å². The molecule has 1 aliphatic rings. The molecule has 1 N–H and O–H groups in total. The molecule has 2 heteroatoms.